The molecule has 1 aromatic rings. The van der Waals surface area contributed by atoms with Crippen LogP contribution in [-0.4, -0.2) is 24.4 Å². The normalized spacial score (nSPS) is 12.2. The summed E-state index contributed by atoms with van der Waals surface area (Å²) in [6.45, 7) is 4.17. The first-order chi connectivity index (χ1) is 9.04. The SMILES string of the molecule is CCOC(=O)C(N)CCSCc1ccc(C)cc1Cl. The number of nitrogens with two attached hydrogens (primary N) is 1. The van der Waals surface area contributed by atoms with Gasteiger partial charge in [-0.25, -0.2) is 0 Å². The molecule has 0 amide bonds. The lowest BCUT2D eigenvalue weighted by Crippen LogP contribution is -2.32. The maximum Gasteiger partial charge on any atom is 0.322 e. The highest BCUT2D eigenvalue weighted by atomic mass is 35.5. The minimum Gasteiger partial charge on any atom is -0.465 e. The van der Waals surface area contributed by atoms with E-state index in [0.29, 0.717) is 13.0 Å². The molecule has 0 aliphatic heterocycles. The highest BCUT2D eigenvalue weighted by Crippen LogP contribution is 2.22. The summed E-state index contributed by atoms with van der Waals surface area (Å²) in [6, 6.07) is 5.52. The fraction of sp³-hybridized carbons (Fsp3) is 0.500. The van der Waals surface area contributed by atoms with E-state index in [9.17, 15) is 4.79 Å². The van der Waals surface area contributed by atoms with Gasteiger partial charge in [-0.1, -0.05) is 23.7 Å². The molecule has 0 saturated heterocycles. The molecular weight excluding hydrogens is 282 g/mol. The molecular formula is C14H20ClNO2S. The molecule has 0 spiro atoms. The van der Waals surface area contributed by atoms with Crippen molar-refractivity contribution in [2.75, 3.05) is 12.4 Å². The maximum absolute atomic E-state index is 11.3. The van der Waals surface area contributed by atoms with Crippen molar-refractivity contribution in [2.45, 2.75) is 32.1 Å². The van der Waals surface area contributed by atoms with E-state index in [1.54, 1.807) is 18.7 Å². The standard InChI is InChI=1S/C14H20ClNO2S/c1-3-18-14(17)13(16)6-7-19-9-11-5-4-10(2)8-12(11)15/h4-5,8,13H,3,6-7,9,16H2,1-2H3. The lowest BCUT2D eigenvalue weighted by atomic mass is 10.2. The zero-order valence-corrected chi connectivity index (χ0v) is 12.9. The van der Waals surface area contributed by atoms with Gasteiger partial charge in [0.15, 0.2) is 0 Å². The Morgan fingerprint density at radius 1 is 1.53 bits per heavy atom. The Morgan fingerprint density at radius 2 is 2.26 bits per heavy atom. The number of esters is 1. The first-order valence-corrected chi connectivity index (χ1v) is 7.82. The molecule has 2 N–H and O–H groups in total. The van der Waals surface area contributed by atoms with Crippen LogP contribution in [0, 0.1) is 6.92 Å². The number of carbonyl (C=O) groups is 1. The molecule has 0 saturated carbocycles. The second-order valence-corrected chi connectivity index (χ2v) is 5.81. The summed E-state index contributed by atoms with van der Waals surface area (Å²) in [6.07, 6.45) is 0.618. The Morgan fingerprint density at radius 3 is 2.89 bits per heavy atom. The van der Waals surface area contributed by atoms with Gasteiger partial charge in [-0.05, 0) is 43.2 Å². The summed E-state index contributed by atoms with van der Waals surface area (Å²) >= 11 is 7.87. The second-order valence-electron chi connectivity index (χ2n) is 4.29. The molecule has 0 aromatic heterocycles. The minimum atomic E-state index is -0.527. The molecule has 3 nitrogen and oxygen atoms in total. The molecule has 1 rings (SSSR count). The third kappa shape index (κ3) is 5.85. The van der Waals surface area contributed by atoms with Gasteiger partial charge in [-0.3, -0.25) is 4.79 Å². The number of hydrogen-bond acceptors (Lipinski definition) is 4. The Hall–Kier alpha value is -0.710. The van der Waals surface area contributed by atoms with Crippen LogP contribution in [0.5, 0.6) is 0 Å². The Labute approximate surface area is 123 Å². The van der Waals surface area contributed by atoms with E-state index in [2.05, 4.69) is 0 Å². The van der Waals surface area contributed by atoms with Crippen LogP contribution in [0.15, 0.2) is 18.2 Å². The van der Waals surface area contributed by atoms with E-state index in [1.165, 1.54) is 0 Å². The third-order valence-electron chi connectivity index (χ3n) is 2.63. The van der Waals surface area contributed by atoms with Crippen LogP contribution in [0.4, 0.5) is 0 Å². The lowest BCUT2D eigenvalue weighted by molar-refractivity contribution is -0.144. The van der Waals surface area contributed by atoms with Crippen molar-refractivity contribution < 1.29 is 9.53 Å². The number of thioether (sulfide) groups is 1. The molecule has 1 unspecified atom stereocenters. The summed E-state index contributed by atoms with van der Waals surface area (Å²) in [5.74, 6) is 1.32. The van der Waals surface area contributed by atoms with E-state index < -0.39 is 6.04 Å². The van der Waals surface area contributed by atoms with Gasteiger partial charge in [0.2, 0.25) is 0 Å². The molecule has 0 bridgehead atoms. The Kier molecular flexibility index (Phi) is 7.28. The van der Waals surface area contributed by atoms with Crippen LogP contribution >= 0.6 is 23.4 Å². The highest BCUT2D eigenvalue weighted by molar-refractivity contribution is 7.98. The number of halogens is 1. The maximum atomic E-state index is 11.3. The molecule has 1 atom stereocenters. The van der Waals surface area contributed by atoms with E-state index >= 15 is 0 Å². The average molecular weight is 302 g/mol. The number of rotatable bonds is 7. The van der Waals surface area contributed by atoms with Gasteiger partial charge < -0.3 is 10.5 Å². The first kappa shape index (κ1) is 16.3. The number of benzene rings is 1. The van der Waals surface area contributed by atoms with Gasteiger partial charge in [0.25, 0.3) is 0 Å². The quantitative estimate of drug-likeness (QED) is 0.621. The van der Waals surface area contributed by atoms with Crippen molar-refractivity contribution in [3.63, 3.8) is 0 Å². The Balaban J connectivity index is 2.29. The van der Waals surface area contributed by atoms with Crippen molar-refractivity contribution >= 4 is 29.3 Å². The smallest absolute Gasteiger partial charge is 0.322 e. The van der Waals surface area contributed by atoms with E-state index in [-0.39, 0.29) is 5.97 Å². The molecule has 5 heteroatoms. The van der Waals surface area contributed by atoms with E-state index in [0.717, 1.165) is 27.7 Å². The molecule has 0 aliphatic rings. The Bertz CT molecular complexity index is 426. The lowest BCUT2D eigenvalue weighted by Gasteiger charge is -2.10. The van der Waals surface area contributed by atoms with Crippen LogP contribution in [0.3, 0.4) is 0 Å². The monoisotopic (exact) mass is 301 g/mol. The van der Waals surface area contributed by atoms with Gasteiger partial charge in [0.05, 0.1) is 6.61 Å². The highest BCUT2D eigenvalue weighted by Gasteiger charge is 2.13. The minimum absolute atomic E-state index is 0.323. The van der Waals surface area contributed by atoms with Crippen molar-refractivity contribution in [3.8, 4) is 0 Å². The van der Waals surface area contributed by atoms with E-state index in [4.69, 9.17) is 22.1 Å². The number of ether oxygens (including phenoxy) is 1. The van der Waals surface area contributed by atoms with Crippen LogP contribution in [0.1, 0.15) is 24.5 Å². The molecule has 0 aliphatic carbocycles. The molecule has 106 valence electrons. The number of aryl methyl sites for hydroxylation is 1. The van der Waals surface area contributed by atoms with Gasteiger partial charge in [0, 0.05) is 10.8 Å². The molecule has 0 fully saturated rings. The van der Waals surface area contributed by atoms with Crippen LogP contribution in [0.25, 0.3) is 0 Å². The molecule has 0 radical (unpaired) electrons. The van der Waals surface area contributed by atoms with Crippen LogP contribution in [0.2, 0.25) is 5.02 Å². The summed E-state index contributed by atoms with van der Waals surface area (Å²) in [5, 5.41) is 0.794. The van der Waals surface area contributed by atoms with E-state index in [1.807, 2.05) is 25.1 Å². The van der Waals surface area contributed by atoms with Crippen LogP contribution in [-0.2, 0) is 15.3 Å². The predicted octanol–water partition coefficient (Wildman–Crippen LogP) is 3.16. The molecule has 0 heterocycles. The van der Waals surface area contributed by atoms with Crippen LogP contribution < -0.4 is 5.73 Å². The zero-order chi connectivity index (χ0) is 14.3. The summed E-state index contributed by atoms with van der Waals surface area (Å²) < 4.78 is 4.86. The summed E-state index contributed by atoms with van der Waals surface area (Å²) in [5.41, 5.74) is 7.99. The summed E-state index contributed by atoms with van der Waals surface area (Å²) in [4.78, 5) is 11.3. The number of hydrogen-bond donors (Lipinski definition) is 1. The van der Waals surface area contributed by atoms with Gasteiger partial charge in [0.1, 0.15) is 6.04 Å². The van der Waals surface area contributed by atoms with Crippen molar-refractivity contribution in [3.05, 3.63) is 34.3 Å². The number of carbonyl (C=O) groups excluding carboxylic acids is 1. The van der Waals surface area contributed by atoms with Gasteiger partial charge in [-0.2, -0.15) is 11.8 Å². The van der Waals surface area contributed by atoms with Crippen molar-refractivity contribution in [1.29, 1.82) is 0 Å². The fourth-order valence-corrected chi connectivity index (χ4v) is 2.95. The fourth-order valence-electron chi connectivity index (χ4n) is 1.53. The molecule has 19 heavy (non-hydrogen) atoms. The topological polar surface area (TPSA) is 52.3 Å². The summed E-state index contributed by atoms with van der Waals surface area (Å²) in [7, 11) is 0. The molecule has 1 aromatic carbocycles. The second kappa shape index (κ2) is 8.46. The van der Waals surface area contributed by atoms with Gasteiger partial charge in [-0.15, -0.1) is 0 Å². The zero-order valence-electron chi connectivity index (χ0n) is 11.3. The van der Waals surface area contributed by atoms with Gasteiger partial charge >= 0.3 is 5.97 Å². The largest absolute Gasteiger partial charge is 0.465 e. The average Bonchev–Trinajstić information content (AvgIpc) is 2.36. The van der Waals surface area contributed by atoms with Crippen molar-refractivity contribution in [1.82, 2.24) is 0 Å². The van der Waals surface area contributed by atoms with Crippen molar-refractivity contribution in [2.24, 2.45) is 5.73 Å². The predicted molar refractivity (Wildman–Crippen MR) is 81.6 cm³/mol. The third-order valence-corrected chi connectivity index (χ3v) is 4.02. The first-order valence-electron chi connectivity index (χ1n) is 6.29.